The van der Waals surface area contributed by atoms with Crippen LogP contribution in [0.4, 0.5) is 0 Å². The van der Waals surface area contributed by atoms with Gasteiger partial charge in [-0.15, -0.1) is 10.2 Å². The van der Waals surface area contributed by atoms with Crippen LogP contribution >= 0.6 is 0 Å². The van der Waals surface area contributed by atoms with Crippen LogP contribution in [0.25, 0.3) is 0 Å². The summed E-state index contributed by atoms with van der Waals surface area (Å²) in [6.07, 6.45) is 6.14. The summed E-state index contributed by atoms with van der Waals surface area (Å²) in [5.74, 6) is 2.04. The van der Waals surface area contributed by atoms with Gasteiger partial charge in [-0.25, -0.2) is 4.98 Å². The highest BCUT2D eigenvalue weighted by Gasteiger charge is 2.29. The number of carbonyl (C=O) groups is 1. The van der Waals surface area contributed by atoms with Gasteiger partial charge in [-0.2, -0.15) is 0 Å². The third-order valence-electron chi connectivity index (χ3n) is 4.66. The monoisotopic (exact) mass is 331 g/mol. The molecule has 1 saturated heterocycles. The molecule has 0 radical (unpaired) electrons. The molecule has 1 fully saturated rings. The third kappa shape index (κ3) is 2.71. The second-order valence-corrected chi connectivity index (χ2v) is 6.35. The maximum Gasteiger partial charge on any atom is 0.274 e. The Labute approximate surface area is 139 Å². The van der Waals surface area contributed by atoms with Crippen LogP contribution in [-0.2, 0) is 17.7 Å². The first-order valence-electron chi connectivity index (χ1n) is 8.52. The number of aromatic nitrogens is 4. The first kappa shape index (κ1) is 15.3. The average molecular weight is 331 g/mol. The molecule has 8 nitrogen and oxygen atoms in total. The zero-order valence-corrected chi connectivity index (χ0v) is 13.7. The Bertz CT molecular complexity index is 732. The van der Waals surface area contributed by atoms with Crippen molar-refractivity contribution in [3.8, 4) is 0 Å². The van der Waals surface area contributed by atoms with E-state index >= 15 is 0 Å². The molecule has 8 heteroatoms. The van der Waals surface area contributed by atoms with Gasteiger partial charge in [-0.1, -0.05) is 0 Å². The highest BCUT2D eigenvalue weighted by molar-refractivity contribution is 5.93. The minimum atomic E-state index is -0.269. The smallest absolute Gasteiger partial charge is 0.274 e. The topological polar surface area (TPSA) is 95.1 Å². The largest absolute Gasteiger partial charge is 0.445 e. The molecule has 2 aliphatic heterocycles. The lowest BCUT2D eigenvalue weighted by Gasteiger charge is -2.18. The minimum Gasteiger partial charge on any atom is -0.445 e. The summed E-state index contributed by atoms with van der Waals surface area (Å²) < 4.78 is 13.1. The van der Waals surface area contributed by atoms with Crippen molar-refractivity contribution < 1.29 is 13.9 Å². The number of hydrogen-bond donors (Lipinski definition) is 1. The molecule has 1 amide bonds. The van der Waals surface area contributed by atoms with Crippen molar-refractivity contribution in [3.63, 3.8) is 0 Å². The van der Waals surface area contributed by atoms with Crippen molar-refractivity contribution >= 4 is 5.91 Å². The number of aryl methyl sites for hydroxylation is 1. The van der Waals surface area contributed by atoms with Crippen LogP contribution in [0.15, 0.2) is 10.8 Å². The minimum absolute atomic E-state index is 0.176. The predicted molar refractivity (Wildman–Crippen MR) is 83.3 cm³/mol. The second kappa shape index (κ2) is 6.35. The molecule has 0 spiro atoms. The molecule has 4 heterocycles. The number of hydrogen-bond acceptors (Lipinski definition) is 6. The number of fused-ring (bicyclic) bond motifs is 1. The molecule has 24 heavy (non-hydrogen) atoms. The summed E-state index contributed by atoms with van der Waals surface area (Å²) in [6, 6.07) is -0.245. The van der Waals surface area contributed by atoms with Crippen LogP contribution in [0, 0.1) is 0 Å². The van der Waals surface area contributed by atoms with Crippen LogP contribution in [0.3, 0.4) is 0 Å². The molecule has 0 aliphatic carbocycles. The van der Waals surface area contributed by atoms with Crippen LogP contribution < -0.4 is 5.32 Å². The van der Waals surface area contributed by atoms with Gasteiger partial charge in [0.2, 0.25) is 0 Å². The van der Waals surface area contributed by atoms with Crippen molar-refractivity contribution in [1.82, 2.24) is 25.1 Å². The van der Waals surface area contributed by atoms with E-state index in [1.165, 1.54) is 6.39 Å². The Balaban J connectivity index is 1.50. The molecular weight excluding hydrogens is 310 g/mol. The fourth-order valence-electron chi connectivity index (χ4n) is 3.42. The zero-order valence-electron chi connectivity index (χ0n) is 13.7. The first-order valence-corrected chi connectivity index (χ1v) is 8.52. The van der Waals surface area contributed by atoms with E-state index in [9.17, 15) is 4.79 Å². The van der Waals surface area contributed by atoms with Crippen LogP contribution in [-0.4, -0.2) is 32.3 Å². The molecule has 2 aromatic heterocycles. The Hall–Kier alpha value is -2.22. The molecule has 1 N–H and O–H groups in total. The van der Waals surface area contributed by atoms with E-state index < -0.39 is 0 Å². The van der Waals surface area contributed by atoms with E-state index in [-0.39, 0.29) is 18.1 Å². The number of nitrogens with zero attached hydrogens (tertiary/aromatic N) is 4. The van der Waals surface area contributed by atoms with Gasteiger partial charge >= 0.3 is 0 Å². The Morgan fingerprint density at radius 1 is 1.38 bits per heavy atom. The van der Waals surface area contributed by atoms with Gasteiger partial charge in [0.05, 0.1) is 6.04 Å². The summed E-state index contributed by atoms with van der Waals surface area (Å²) >= 11 is 0. The van der Waals surface area contributed by atoms with Crippen molar-refractivity contribution in [2.45, 2.75) is 57.7 Å². The van der Waals surface area contributed by atoms with Crippen molar-refractivity contribution in [2.75, 3.05) is 6.61 Å². The molecule has 2 aliphatic rings. The molecule has 2 aromatic rings. The predicted octanol–water partition coefficient (Wildman–Crippen LogP) is 1.94. The molecule has 0 bridgehead atoms. The number of carbonyl (C=O) groups excluding carboxylic acids is 1. The molecular formula is C16H21N5O3. The molecule has 0 unspecified atom stereocenters. The molecule has 2 atom stereocenters. The SMILES string of the molecule is C[C@H](NC(=O)c1ncoc1[C@H]1CCCO1)c1nnc2n1CCCC2. The Kier molecular flexibility index (Phi) is 4.05. The van der Waals surface area contributed by atoms with E-state index in [1.807, 2.05) is 6.92 Å². The lowest BCUT2D eigenvalue weighted by Crippen LogP contribution is -2.30. The van der Waals surface area contributed by atoms with Gasteiger partial charge in [0.15, 0.2) is 23.7 Å². The highest BCUT2D eigenvalue weighted by Crippen LogP contribution is 2.30. The third-order valence-corrected chi connectivity index (χ3v) is 4.66. The van der Waals surface area contributed by atoms with E-state index in [1.54, 1.807) is 0 Å². The van der Waals surface area contributed by atoms with Crippen LogP contribution in [0.2, 0.25) is 0 Å². The summed E-state index contributed by atoms with van der Waals surface area (Å²) in [6.45, 7) is 3.51. The van der Waals surface area contributed by atoms with Crippen molar-refractivity contribution in [2.24, 2.45) is 0 Å². The lowest BCUT2D eigenvalue weighted by molar-refractivity contribution is 0.0853. The average Bonchev–Trinajstić information content (AvgIpc) is 3.33. The van der Waals surface area contributed by atoms with Crippen molar-refractivity contribution in [1.29, 1.82) is 0 Å². The number of ether oxygens (including phenoxy) is 1. The molecule has 128 valence electrons. The number of nitrogens with one attached hydrogen (secondary N) is 1. The van der Waals surface area contributed by atoms with Crippen LogP contribution in [0.5, 0.6) is 0 Å². The van der Waals surface area contributed by atoms with Crippen molar-refractivity contribution in [3.05, 3.63) is 29.5 Å². The van der Waals surface area contributed by atoms with E-state index in [2.05, 4.69) is 25.1 Å². The van der Waals surface area contributed by atoms with E-state index in [0.29, 0.717) is 18.1 Å². The van der Waals surface area contributed by atoms with E-state index in [4.69, 9.17) is 9.15 Å². The van der Waals surface area contributed by atoms with Gasteiger partial charge in [0.25, 0.3) is 5.91 Å². The molecule has 0 aromatic carbocycles. The fourth-order valence-corrected chi connectivity index (χ4v) is 3.42. The normalized spacial score (nSPS) is 21.5. The Morgan fingerprint density at radius 3 is 3.12 bits per heavy atom. The number of amides is 1. The first-order chi connectivity index (χ1) is 11.7. The van der Waals surface area contributed by atoms with Gasteiger partial charge in [-0.3, -0.25) is 4.79 Å². The fraction of sp³-hybridized carbons (Fsp3) is 0.625. The van der Waals surface area contributed by atoms with Gasteiger partial charge in [0.1, 0.15) is 11.9 Å². The zero-order chi connectivity index (χ0) is 16.5. The maximum atomic E-state index is 12.6. The molecule has 4 rings (SSSR count). The van der Waals surface area contributed by atoms with Gasteiger partial charge in [-0.05, 0) is 32.6 Å². The molecule has 0 saturated carbocycles. The maximum absolute atomic E-state index is 12.6. The van der Waals surface area contributed by atoms with Crippen LogP contribution in [0.1, 0.15) is 72.7 Å². The van der Waals surface area contributed by atoms with Gasteiger partial charge < -0.3 is 19.0 Å². The summed E-state index contributed by atoms with van der Waals surface area (Å²) in [5, 5.41) is 11.5. The summed E-state index contributed by atoms with van der Waals surface area (Å²) in [7, 11) is 0. The standard InChI is InChI=1S/C16H21N5O3/c1-10(15-20-19-12-6-2-3-7-21(12)15)18-16(22)13-14(24-9-17-13)11-5-4-8-23-11/h9-11H,2-8H2,1H3,(H,18,22)/t10-,11+/m0/s1. The number of oxazole rings is 1. The number of rotatable bonds is 4. The van der Waals surface area contributed by atoms with Gasteiger partial charge in [0, 0.05) is 19.6 Å². The second-order valence-electron chi connectivity index (χ2n) is 6.35. The summed E-state index contributed by atoms with van der Waals surface area (Å²) in [4.78, 5) is 16.7. The summed E-state index contributed by atoms with van der Waals surface area (Å²) in [5.41, 5.74) is 0.298. The quantitative estimate of drug-likeness (QED) is 0.920. The highest BCUT2D eigenvalue weighted by atomic mass is 16.5. The van der Waals surface area contributed by atoms with E-state index in [0.717, 1.165) is 50.3 Å². The Morgan fingerprint density at radius 2 is 2.29 bits per heavy atom. The lowest BCUT2D eigenvalue weighted by atomic mass is 10.1.